The lowest BCUT2D eigenvalue weighted by molar-refractivity contribution is -0.117. The highest BCUT2D eigenvalue weighted by atomic mass is 35.5. The van der Waals surface area contributed by atoms with Crippen LogP contribution in [-0.4, -0.2) is 67.9 Å². The molecule has 2 atom stereocenters. The summed E-state index contributed by atoms with van der Waals surface area (Å²) in [5.74, 6) is 0.998. The number of nitrogens with zero attached hydrogens (tertiary/aromatic N) is 5. The van der Waals surface area contributed by atoms with Crippen LogP contribution in [0.25, 0.3) is 0 Å². The molecule has 1 aliphatic carbocycles. The van der Waals surface area contributed by atoms with Gasteiger partial charge in [0.2, 0.25) is 5.91 Å². The van der Waals surface area contributed by atoms with Crippen molar-refractivity contribution in [3.63, 3.8) is 0 Å². The van der Waals surface area contributed by atoms with Gasteiger partial charge in [-0.15, -0.1) is 0 Å². The molecule has 3 rings (SSSR count). The minimum atomic E-state index is -1.91. The third-order valence-corrected chi connectivity index (χ3v) is 12.2. The van der Waals surface area contributed by atoms with E-state index >= 15 is 0 Å². The Morgan fingerprint density at radius 2 is 2.00 bits per heavy atom. The van der Waals surface area contributed by atoms with Crippen molar-refractivity contribution in [1.29, 1.82) is 0 Å². The maximum atomic E-state index is 13.0. The number of aromatic nitrogens is 3. The van der Waals surface area contributed by atoms with Gasteiger partial charge in [-0.25, -0.2) is 9.97 Å². The Morgan fingerprint density at radius 1 is 1.26 bits per heavy atom. The largest absolute Gasteiger partial charge is 0.415 e. The second-order valence-electron chi connectivity index (χ2n) is 11.5. The summed E-state index contributed by atoms with van der Waals surface area (Å²) in [4.78, 5) is 30.4. The first-order valence-electron chi connectivity index (χ1n) is 13.2. The Bertz CT molecular complexity index is 1180. The molecule has 1 amide bonds. The molecule has 2 aromatic heterocycles. The number of likely N-dealkylation sites (N-methyl/N-ethyl adjacent to an activating group) is 1. The Morgan fingerprint density at radius 3 is 2.64 bits per heavy atom. The number of amides is 1. The molecule has 39 heavy (non-hydrogen) atoms. The summed E-state index contributed by atoms with van der Waals surface area (Å²) in [5.41, 5.74) is 1.87. The van der Waals surface area contributed by atoms with Crippen LogP contribution in [-0.2, 0) is 9.22 Å². The average molecular weight is 572 g/mol. The molecule has 1 aliphatic rings. The minimum absolute atomic E-state index is 0.0686. The zero-order valence-electron chi connectivity index (χ0n) is 24.2. The number of nitrogens with one attached hydrogen (secondary N) is 2. The molecule has 0 aromatic carbocycles. The van der Waals surface area contributed by atoms with E-state index < -0.39 is 8.32 Å². The zero-order valence-corrected chi connectivity index (χ0v) is 25.9. The van der Waals surface area contributed by atoms with Gasteiger partial charge in [-0.2, -0.15) is 0 Å². The van der Waals surface area contributed by atoms with Crippen molar-refractivity contribution < 1.29 is 9.22 Å². The SMILES string of the molecule is C=CN/C=C(/CN(CCO[Si](C)(C)C(C)(C)C)c1cc(NC(=O)[C@H]2C[C@@H]2c2cc(Cl)ccn2)ncn1)N(C)C. The molecule has 11 heteroatoms. The average Bonchev–Trinajstić information content (AvgIpc) is 3.66. The summed E-state index contributed by atoms with van der Waals surface area (Å²) in [6.07, 6.45) is 7.44. The molecule has 2 aromatic rings. The highest BCUT2D eigenvalue weighted by Gasteiger charge is 2.45. The highest BCUT2D eigenvalue weighted by molar-refractivity contribution is 6.74. The molecule has 0 radical (unpaired) electrons. The van der Waals surface area contributed by atoms with Gasteiger partial charge in [0.05, 0.1) is 13.2 Å². The van der Waals surface area contributed by atoms with Gasteiger partial charge in [0.15, 0.2) is 8.32 Å². The smallest absolute Gasteiger partial charge is 0.229 e. The Balaban J connectivity index is 1.75. The zero-order chi connectivity index (χ0) is 28.8. The summed E-state index contributed by atoms with van der Waals surface area (Å²) < 4.78 is 6.47. The van der Waals surface area contributed by atoms with Gasteiger partial charge in [0.1, 0.15) is 18.0 Å². The molecular weight excluding hydrogens is 530 g/mol. The molecule has 2 N–H and O–H groups in total. The van der Waals surface area contributed by atoms with E-state index in [1.165, 1.54) is 6.33 Å². The molecule has 0 bridgehead atoms. The highest BCUT2D eigenvalue weighted by Crippen LogP contribution is 2.47. The third-order valence-electron chi connectivity index (χ3n) is 7.40. The van der Waals surface area contributed by atoms with Crippen LogP contribution in [0.1, 0.15) is 38.8 Å². The molecule has 9 nitrogen and oxygen atoms in total. The Labute approximate surface area is 238 Å². The lowest BCUT2D eigenvalue weighted by Gasteiger charge is -2.37. The first-order chi connectivity index (χ1) is 18.3. The number of carbonyl (C=O) groups excluding carboxylic acids is 1. The van der Waals surface area contributed by atoms with Crippen LogP contribution in [0, 0.1) is 5.92 Å². The molecule has 212 valence electrons. The second-order valence-corrected chi connectivity index (χ2v) is 16.8. The molecule has 1 saturated carbocycles. The molecular formula is C28H42ClN7O2Si. The predicted molar refractivity (Wildman–Crippen MR) is 161 cm³/mol. The number of halogens is 1. The summed E-state index contributed by atoms with van der Waals surface area (Å²) in [6, 6.07) is 5.37. The van der Waals surface area contributed by atoms with Gasteiger partial charge >= 0.3 is 0 Å². The van der Waals surface area contributed by atoms with Gasteiger partial charge in [0.25, 0.3) is 0 Å². The number of hydrogen-bond acceptors (Lipinski definition) is 8. The number of anilines is 2. The van der Waals surface area contributed by atoms with Crippen LogP contribution in [0.3, 0.4) is 0 Å². The Kier molecular flexibility index (Phi) is 10.1. The lowest BCUT2D eigenvalue weighted by Crippen LogP contribution is -2.43. The number of rotatable bonds is 13. The van der Waals surface area contributed by atoms with E-state index in [-0.39, 0.29) is 22.8 Å². The number of carbonyl (C=O) groups is 1. The van der Waals surface area contributed by atoms with Crippen LogP contribution in [0.4, 0.5) is 11.6 Å². The van der Waals surface area contributed by atoms with E-state index in [4.69, 9.17) is 16.0 Å². The monoisotopic (exact) mass is 571 g/mol. The van der Waals surface area contributed by atoms with Crippen LogP contribution >= 0.6 is 11.6 Å². The van der Waals surface area contributed by atoms with Gasteiger partial charge in [0, 0.05) is 67.4 Å². The third kappa shape index (κ3) is 8.51. The molecule has 0 spiro atoms. The van der Waals surface area contributed by atoms with Crippen molar-refractivity contribution in [3.05, 3.63) is 66.1 Å². The topological polar surface area (TPSA) is 95.5 Å². The maximum absolute atomic E-state index is 13.0. The van der Waals surface area contributed by atoms with Crippen LogP contribution in [0.2, 0.25) is 23.2 Å². The summed E-state index contributed by atoms with van der Waals surface area (Å²) in [7, 11) is 2.07. The fourth-order valence-corrected chi connectivity index (χ4v) is 5.01. The summed E-state index contributed by atoms with van der Waals surface area (Å²) >= 11 is 6.10. The summed E-state index contributed by atoms with van der Waals surface area (Å²) in [6.45, 7) is 16.7. The second kappa shape index (κ2) is 12.9. The van der Waals surface area contributed by atoms with Crippen molar-refractivity contribution >= 4 is 37.5 Å². The molecule has 2 heterocycles. The van der Waals surface area contributed by atoms with Crippen LogP contribution < -0.4 is 15.5 Å². The van der Waals surface area contributed by atoms with Crippen LogP contribution in [0.5, 0.6) is 0 Å². The van der Waals surface area contributed by atoms with E-state index in [1.807, 2.05) is 37.3 Å². The van der Waals surface area contributed by atoms with Crippen molar-refractivity contribution in [2.24, 2.45) is 5.92 Å². The predicted octanol–water partition coefficient (Wildman–Crippen LogP) is 5.23. The fourth-order valence-electron chi connectivity index (χ4n) is 3.81. The minimum Gasteiger partial charge on any atom is -0.415 e. The Hall–Kier alpha value is -2.95. The van der Waals surface area contributed by atoms with E-state index in [0.29, 0.717) is 36.4 Å². The first-order valence-corrected chi connectivity index (χ1v) is 16.5. The standard InChI is InChI=1S/C28H42ClN7O2Si/c1-9-30-17-21(35(5)6)18-36(12-13-38-39(7,8)28(2,3)4)26-16-25(32-19-33-26)34-27(37)23-15-22(23)24-14-20(29)10-11-31-24/h9-11,14,16-17,19,22-23,30H,1,12-13,15,18H2,2-8H3,(H,32,33,34,37)/b21-17-/t22-,23-/m0/s1. The fraction of sp³-hybridized carbons (Fsp3) is 0.500. The normalized spacial score (nSPS) is 17.4. The van der Waals surface area contributed by atoms with Gasteiger partial charge in [-0.3, -0.25) is 9.78 Å². The van der Waals surface area contributed by atoms with Gasteiger partial charge in [-0.05, 0) is 42.9 Å². The number of pyridine rings is 1. The van der Waals surface area contributed by atoms with Crippen molar-refractivity contribution in [2.45, 2.75) is 51.2 Å². The first kappa shape index (κ1) is 30.6. The van der Waals surface area contributed by atoms with Crippen LogP contribution in [0.15, 0.2) is 55.4 Å². The van der Waals surface area contributed by atoms with Gasteiger partial charge < -0.3 is 24.9 Å². The van der Waals surface area contributed by atoms with Crippen molar-refractivity contribution in [3.8, 4) is 0 Å². The van der Waals surface area contributed by atoms with E-state index in [0.717, 1.165) is 17.8 Å². The maximum Gasteiger partial charge on any atom is 0.229 e. The van der Waals surface area contributed by atoms with E-state index in [9.17, 15) is 4.79 Å². The quantitative estimate of drug-likeness (QED) is 0.315. The van der Waals surface area contributed by atoms with Gasteiger partial charge in [-0.1, -0.05) is 39.0 Å². The van der Waals surface area contributed by atoms with E-state index in [1.54, 1.807) is 18.5 Å². The van der Waals surface area contributed by atoms with Crippen molar-refractivity contribution in [1.82, 2.24) is 25.2 Å². The lowest BCUT2D eigenvalue weighted by atomic mass is 10.2. The number of hydrogen-bond donors (Lipinski definition) is 2. The molecule has 1 fully saturated rings. The van der Waals surface area contributed by atoms with E-state index in [2.05, 4.69) is 70.9 Å². The molecule has 0 aliphatic heterocycles. The van der Waals surface area contributed by atoms with Crippen molar-refractivity contribution in [2.75, 3.05) is 44.0 Å². The summed E-state index contributed by atoms with van der Waals surface area (Å²) in [5, 5.41) is 6.79. The molecule has 0 saturated heterocycles. The molecule has 0 unspecified atom stereocenters.